The van der Waals surface area contributed by atoms with Gasteiger partial charge in [0.15, 0.2) is 0 Å². The van der Waals surface area contributed by atoms with E-state index >= 15 is 0 Å². The summed E-state index contributed by atoms with van der Waals surface area (Å²) in [5.74, 6) is -0.233. The van der Waals surface area contributed by atoms with Gasteiger partial charge in [-0.25, -0.2) is 4.39 Å². The molecule has 2 rings (SSSR count). The molecule has 15 heavy (non-hydrogen) atoms. The van der Waals surface area contributed by atoms with Crippen molar-refractivity contribution in [2.45, 2.75) is 29.9 Å². The van der Waals surface area contributed by atoms with Gasteiger partial charge in [-0.1, -0.05) is 33.7 Å². The van der Waals surface area contributed by atoms with E-state index in [1.807, 2.05) is 13.8 Å². The summed E-state index contributed by atoms with van der Waals surface area (Å²) >= 11 is 0. The zero-order valence-electron chi connectivity index (χ0n) is 8.61. The molecule has 0 amide bonds. The van der Waals surface area contributed by atoms with Crippen LogP contribution in [0.25, 0.3) is 0 Å². The molecule has 0 aliphatic carbocycles. The van der Waals surface area contributed by atoms with E-state index < -0.39 is 6.10 Å². The maximum atomic E-state index is 12.7. The van der Waals surface area contributed by atoms with Crippen molar-refractivity contribution in [3.8, 4) is 0 Å². The first-order valence-electron chi connectivity index (χ1n) is 4.79. The third kappa shape index (κ3) is 2.17. The van der Waals surface area contributed by atoms with Gasteiger partial charge >= 0.3 is 0 Å². The second kappa shape index (κ2) is 4.00. The second-order valence-electron chi connectivity index (χ2n) is 4.20. The fourth-order valence-corrected chi connectivity index (χ4v) is 4.92. The van der Waals surface area contributed by atoms with Gasteiger partial charge in [-0.15, -0.1) is 0 Å². The molecule has 0 spiro atoms. The SMILES string of the molecule is CC1(C)SSC(c2ccc(F)cc2)C1O. The number of rotatable bonds is 1. The fourth-order valence-electron chi connectivity index (χ4n) is 1.53. The van der Waals surface area contributed by atoms with E-state index in [1.165, 1.54) is 12.1 Å². The average Bonchev–Trinajstić information content (AvgIpc) is 2.45. The van der Waals surface area contributed by atoms with Gasteiger partial charge in [0.25, 0.3) is 0 Å². The van der Waals surface area contributed by atoms with Crippen molar-refractivity contribution in [1.29, 1.82) is 0 Å². The molecule has 1 heterocycles. The molecule has 2 unspecified atom stereocenters. The average molecular weight is 244 g/mol. The number of hydrogen-bond donors (Lipinski definition) is 1. The van der Waals surface area contributed by atoms with E-state index in [0.717, 1.165) is 5.56 Å². The summed E-state index contributed by atoms with van der Waals surface area (Å²) in [5.41, 5.74) is 0.993. The lowest BCUT2D eigenvalue weighted by molar-refractivity contribution is 0.143. The van der Waals surface area contributed by atoms with Gasteiger partial charge in [0.2, 0.25) is 0 Å². The molecule has 1 fully saturated rings. The summed E-state index contributed by atoms with van der Waals surface area (Å²) in [6.45, 7) is 4.05. The zero-order valence-corrected chi connectivity index (χ0v) is 10.2. The number of halogens is 1. The van der Waals surface area contributed by atoms with Gasteiger partial charge in [0.05, 0.1) is 11.4 Å². The number of hydrogen-bond acceptors (Lipinski definition) is 3. The molecular weight excluding hydrogens is 231 g/mol. The summed E-state index contributed by atoms with van der Waals surface area (Å²) in [7, 11) is 3.35. The van der Waals surface area contributed by atoms with Crippen LogP contribution in [0.5, 0.6) is 0 Å². The molecule has 1 saturated heterocycles. The largest absolute Gasteiger partial charge is 0.390 e. The molecule has 1 N–H and O–H groups in total. The van der Waals surface area contributed by atoms with Gasteiger partial charge < -0.3 is 5.11 Å². The van der Waals surface area contributed by atoms with Gasteiger partial charge in [0.1, 0.15) is 5.82 Å². The minimum absolute atomic E-state index is 0.0469. The molecule has 82 valence electrons. The van der Waals surface area contributed by atoms with E-state index in [-0.39, 0.29) is 15.8 Å². The monoisotopic (exact) mass is 244 g/mol. The van der Waals surface area contributed by atoms with Crippen LogP contribution in [0.1, 0.15) is 24.7 Å². The molecule has 0 radical (unpaired) electrons. The Morgan fingerprint density at radius 2 is 1.87 bits per heavy atom. The molecule has 2 atom stereocenters. The minimum atomic E-state index is -0.391. The normalized spacial score (nSPS) is 29.3. The Balaban J connectivity index is 2.23. The van der Waals surface area contributed by atoms with Crippen LogP contribution in [0.2, 0.25) is 0 Å². The fraction of sp³-hybridized carbons (Fsp3) is 0.455. The molecule has 0 bridgehead atoms. The topological polar surface area (TPSA) is 20.2 Å². The van der Waals surface area contributed by atoms with Crippen LogP contribution in [-0.2, 0) is 0 Å². The maximum Gasteiger partial charge on any atom is 0.123 e. The van der Waals surface area contributed by atoms with Crippen LogP contribution in [0, 0.1) is 5.82 Å². The standard InChI is InChI=1S/C11H13FOS2/c1-11(2)10(13)9(14-15-11)7-3-5-8(12)6-4-7/h3-6,9-10,13H,1-2H3. The third-order valence-corrected chi connectivity index (χ3v) is 6.27. The molecule has 1 aliphatic heterocycles. The molecule has 1 aromatic rings. The van der Waals surface area contributed by atoms with Crippen molar-refractivity contribution in [3.05, 3.63) is 35.6 Å². The Morgan fingerprint density at radius 1 is 1.27 bits per heavy atom. The molecule has 0 saturated carbocycles. The predicted molar refractivity (Wildman–Crippen MR) is 64.4 cm³/mol. The van der Waals surface area contributed by atoms with Crippen LogP contribution in [-0.4, -0.2) is 16.0 Å². The highest BCUT2D eigenvalue weighted by Crippen LogP contribution is 2.57. The summed E-state index contributed by atoms with van der Waals surface area (Å²) in [6, 6.07) is 6.38. The van der Waals surface area contributed by atoms with Crippen molar-refractivity contribution in [3.63, 3.8) is 0 Å². The second-order valence-corrected chi connectivity index (χ2v) is 7.20. The van der Waals surface area contributed by atoms with Crippen LogP contribution in [0.4, 0.5) is 4.39 Å². The van der Waals surface area contributed by atoms with Gasteiger partial charge in [0, 0.05) is 4.75 Å². The molecule has 4 heteroatoms. The lowest BCUT2D eigenvalue weighted by atomic mass is 9.98. The zero-order chi connectivity index (χ0) is 11.1. The maximum absolute atomic E-state index is 12.7. The first-order valence-corrected chi connectivity index (χ1v) is 7.00. The van der Waals surface area contributed by atoms with E-state index in [1.54, 1.807) is 33.7 Å². The van der Waals surface area contributed by atoms with Crippen molar-refractivity contribution >= 4 is 21.6 Å². The summed E-state index contributed by atoms with van der Waals surface area (Å²) in [6.07, 6.45) is -0.391. The van der Waals surface area contributed by atoms with E-state index in [9.17, 15) is 9.50 Å². The Hall–Kier alpha value is -0.190. The van der Waals surface area contributed by atoms with E-state index in [0.29, 0.717) is 0 Å². The lowest BCUT2D eigenvalue weighted by Gasteiger charge is -2.22. The molecular formula is C11H13FOS2. The number of aliphatic hydroxyl groups excluding tert-OH is 1. The van der Waals surface area contributed by atoms with Crippen molar-refractivity contribution in [1.82, 2.24) is 0 Å². The van der Waals surface area contributed by atoms with Crippen LogP contribution < -0.4 is 0 Å². The van der Waals surface area contributed by atoms with Crippen LogP contribution in [0.15, 0.2) is 24.3 Å². The summed E-state index contributed by atoms with van der Waals surface area (Å²) < 4.78 is 12.6. The minimum Gasteiger partial charge on any atom is -0.390 e. The van der Waals surface area contributed by atoms with E-state index in [4.69, 9.17) is 0 Å². The van der Waals surface area contributed by atoms with E-state index in [2.05, 4.69) is 0 Å². The van der Waals surface area contributed by atoms with Gasteiger partial charge in [-0.3, -0.25) is 0 Å². The molecule has 1 aliphatic rings. The first-order chi connectivity index (χ1) is 7.00. The van der Waals surface area contributed by atoms with Crippen LogP contribution in [0.3, 0.4) is 0 Å². The molecule has 1 nitrogen and oxygen atoms in total. The summed E-state index contributed by atoms with van der Waals surface area (Å²) in [4.78, 5) is 0. The third-order valence-electron chi connectivity index (χ3n) is 2.56. The quantitative estimate of drug-likeness (QED) is 0.765. The van der Waals surface area contributed by atoms with Crippen molar-refractivity contribution < 1.29 is 9.50 Å². The lowest BCUT2D eigenvalue weighted by Crippen LogP contribution is -2.31. The highest BCUT2D eigenvalue weighted by Gasteiger charge is 2.43. The Bertz CT molecular complexity index is 350. The highest BCUT2D eigenvalue weighted by molar-refractivity contribution is 8.77. The Kier molecular flexibility index (Phi) is 3.01. The molecule has 1 aromatic carbocycles. The summed E-state index contributed by atoms with van der Waals surface area (Å²) in [5, 5.41) is 10.2. The smallest absolute Gasteiger partial charge is 0.123 e. The van der Waals surface area contributed by atoms with Gasteiger partial charge in [-0.05, 0) is 31.5 Å². The highest BCUT2D eigenvalue weighted by atomic mass is 33.1. The Morgan fingerprint density at radius 3 is 2.33 bits per heavy atom. The van der Waals surface area contributed by atoms with Crippen molar-refractivity contribution in [2.75, 3.05) is 0 Å². The number of aliphatic hydroxyl groups is 1. The van der Waals surface area contributed by atoms with Crippen LogP contribution >= 0.6 is 21.6 Å². The first kappa shape index (κ1) is 11.3. The van der Waals surface area contributed by atoms with Gasteiger partial charge in [-0.2, -0.15) is 0 Å². The Labute approximate surface area is 96.9 Å². The predicted octanol–water partition coefficient (Wildman–Crippen LogP) is 3.40. The molecule has 0 aromatic heterocycles. The van der Waals surface area contributed by atoms with Crippen molar-refractivity contribution in [2.24, 2.45) is 0 Å². The number of benzene rings is 1.